The Balaban J connectivity index is 2.01. The van der Waals surface area contributed by atoms with E-state index in [1.807, 2.05) is 48.5 Å². The van der Waals surface area contributed by atoms with Crippen LogP contribution in [0.25, 0.3) is 32.7 Å². The predicted octanol–water partition coefficient (Wildman–Crippen LogP) is 6.20. The van der Waals surface area contributed by atoms with Crippen molar-refractivity contribution in [1.29, 1.82) is 0 Å². The molecule has 1 heterocycles. The van der Waals surface area contributed by atoms with Crippen molar-refractivity contribution < 1.29 is 16.8 Å². The number of rotatable bonds is 0. The predicted molar refractivity (Wildman–Crippen MR) is 112 cm³/mol. The molecule has 0 saturated carbocycles. The summed E-state index contributed by atoms with van der Waals surface area (Å²) in [4.78, 5) is 0. The minimum atomic E-state index is -4.22. The molecule has 0 amide bonds. The largest absolute Gasteiger partial charge is 0.501 e. The molecule has 0 fully saturated rings. The van der Waals surface area contributed by atoms with Crippen LogP contribution in [0.5, 0.6) is 11.5 Å². The van der Waals surface area contributed by atoms with Gasteiger partial charge in [-0.2, -0.15) is 0 Å². The zero-order valence-corrected chi connectivity index (χ0v) is 17.6. The van der Waals surface area contributed by atoms with Gasteiger partial charge < -0.3 is 8.37 Å². The van der Waals surface area contributed by atoms with Crippen molar-refractivity contribution >= 4 is 63.8 Å². The SMILES string of the molecule is O=S1(=O)Oc2ccc3cc(Br)ccc3c2-c2c(ccc3cc(Br)ccc23)O1. The molecule has 0 atom stereocenters. The van der Waals surface area contributed by atoms with Gasteiger partial charge in [-0.25, -0.2) is 0 Å². The summed E-state index contributed by atoms with van der Waals surface area (Å²) in [5.74, 6) is 0.498. The van der Waals surface area contributed by atoms with Crippen LogP contribution in [0.2, 0.25) is 0 Å². The topological polar surface area (TPSA) is 52.6 Å². The highest BCUT2D eigenvalue weighted by molar-refractivity contribution is 9.10. The van der Waals surface area contributed by atoms with E-state index in [1.54, 1.807) is 12.1 Å². The summed E-state index contributed by atoms with van der Waals surface area (Å²) in [6.45, 7) is 0. The lowest BCUT2D eigenvalue weighted by Gasteiger charge is -2.13. The Kier molecular flexibility index (Phi) is 3.76. The molecule has 1 aliphatic heterocycles. The Bertz CT molecular complexity index is 1260. The van der Waals surface area contributed by atoms with Gasteiger partial charge in [-0.3, -0.25) is 0 Å². The summed E-state index contributed by atoms with van der Waals surface area (Å²) < 4.78 is 37.0. The van der Waals surface area contributed by atoms with Crippen LogP contribution < -0.4 is 8.37 Å². The summed E-state index contributed by atoms with van der Waals surface area (Å²) in [6.07, 6.45) is 0. The third kappa shape index (κ3) is 2.81. The molecule has 4 aromatic rings. The van der Waals surface area contributed by atoms with Crippen molar-refractivity contribution in [2.24, 2.45) is 0 Å². The molecule has 0 saturated heterocycles. The maximum absolute atomic E-state index is 12.3. The first-order valence-electron chi connectivity index (χ1n) is 8.00. The van der Waals surface area contributed by atoms with Gasteiger partial charge in [0.05, 0.1) is 0 Å². The number of halogens is 2. The van der Waals surface area contributed by atoms with Gasteiger partial charge >= 0.3 is 10.4 Å². The van der Waals surface area contributed by atoms with E-state index in [0.29, 0.717) is 11.1 Å². The molecule has 0 unspecified atom stereocenters. The van der Waals surface area contributed by atoms with Crippen molar-refractivity contribution in [3.05, 3.63) is 69.6 Å². The molecule has 134 valence electrons. The van der Waals surface area contributed by atoms with Gasteiger partial charge in [0.2, 0.25) is 0 Å². The van der Waals surface area contributed by atoms with Gasteiger partial charge in [0, 0.05) is 20.1 Å². The molecule has 0 aliphatic carbocycles. The maximum atomic E-state index is 12.3. The smallest absolute Gasteiger partial charge is 0.352 e. The first kappa shape index (κ1) is 17.0. The lowest BCUT2D eigenvalue weighted by atomic mass is 9.92. The summed E-state index contributed by atoms with van der Waals surface area (Å²) >= 11 is 6.97. The monoisotopic (exact) mass is 504 g/mol. The fourth-order valence-corrected chi connectivity index (χ4v) is 4.96. The lowest BCUT2D eigenvalue weighted by molar-refractivity contribution is 0.398. The summed E-state index contributed by atoms with van der Waals surface area (Å²) in [5.41, 5.74) is 1.40. The molecule has 4 nitrogen and oxygen atoms in total. The van der Waals surface area contributed by atoms with Crippen LogP contribution >= 0.6 is 31.9 Å². The fraction of sp³-hybridized carbons (Fsp3) is 0. The normalized spacial score (nSPS) is 14.7. The molecule has 1 aliphatic rings. The standard InChI is InChI=1S/C20H10Br2O4S/c21-13-3-5-15-11(9-13)1-7-17-19(15)20-16-6-4-14(22)10-12(16)2-8-18(20)26-27(23,24)25-17/h1-10H. The third-order valence-electron chi connectivity index (χ3n) is 4.52. The second-order valence-electron chi connectivity index (χ2n) is 6.18. The van der Waals surface area contributed by atoms with Crippen LogP contribution in [0, 0.1) is 0 Å². The van der Waals surface area contributed by atoms with Gasteiger partial charge in [-0.15, -0.1) is 8.42 Å². The Morgan fingerprint density at radius 1 is 0.630 bits per heavy atom. The molecule has 0 aromatic heterocycles. The zero-order valence-electron chi connectivity index (χ0n) is 13.6. The molecule has 7 heteroatoms. The second-order valence-corrected chi connectivity index (χ2v) is 9.16. The molecule has 27 heavy (non-hydrogen) atoms. The highest BCUT2D eigenvalue weighted by Crippen LogP contribution is 2.48. The first-order chi connectivity index (χ1) is 12.9. The van der Waals surface area contributed by atoms with Crippen molar-refractivity contribution in [3.63, 3.8) is 0 Å². The Hall–Kier alpha value is -2.09. The third-order valence-corrected chi connectivity index (χ3v) is 6.27. The number of benzene rings is 4. The van der Waals surface area contributed by atoms with Crippen LogP contribution in [-0.2, 0) is 10.4 Å². The van der Waals surface area contributed by atoms with Gasteiger partial charge in [0.25, 0.3) is 0 Å². The van der Waals surface area contributed by atoms with Crippen LogP contribution in [0.4, 0.5) is 0 Å². The molecule has 0 N–H and O–H groups in total. The van der Waals surface area contributed by atoms with Crippen molar-refractivity contribution in [2.45, 2.75) is 0 Å². The second kappa shape index (κ2) is 5.95. The van der Waals surface area contributed by atoms with Crippen LogP contribution in [0.1, 0.15) is 0 Å². The van der Waals surface area contributed by atoms with Gasteiger partial charge in [0.15, 0.2) is 11.5 Å². The van der Waals surface area contributed by atoms with E-state index >= 15 is 0 Å². The number of hydrogen-bond acceptors (Lipinski definition) is 4. The highest BCUT2D eigenvalue weighted by Gasteiger charge is 2.29. The van der Waals surface area contributed by atoms with E-state index in [-0.39, 0.29) is 11.5 Å². The van der Waals surface area contributed by atoms with Gasteiger partial charge in [-0.1, -0.05) is 56.1 Å². The summed E-state index contributed by atoms with van der Waals surface area (Å²) in [7, 11) is -4.22. The molecule has 5 rings (SSSR count). The number of hydrogen-bond donors (Lipinski definition) is 0. The highest BCUT2D eigenvalue weighted by atomic mass is 79.9. The zero-order chi connectivity index (χ0) is 18.8. The fourth-order valence-electron chi connectivity index (χ4n) is 3.45. The summed E-state index contributed by atoms with van der Waals surface area (Å²) in [6, 6.07) is 18.7. The molecular formula is C20H10Br2O4S. The van der Waals surface area contributed by atoms with E-state index in [0.717, 1.165) is 30.5 Å². The Morgan fingerprint density at radius 2 is 1.07 bits per heavy atom. The average molecular weight is 506 g/mol. The minimum Gasteiger partial charge on any atom is -0.352 e. The summed E-state index contributed by atoms with van der Waals surface area (Å²) in [5, 5.41) is 3.69. The average Bonchev–Trinajstić information content (AvgIpc) is 2.73. The first-order valence-corrected chi connectivity index (χ1v) is 10.9. The van der Waals surface area contributed by atoms with Crippen molar-refractivity contribution in [1.82, 2.24) is 0 Å². The molecule has 0 bridgehead atoms. The van der Waals surface area contributed by atoms with Crippen LogP contribution in [0.3, 0.4) is 0 Å². The lowest BCUT2D eigenvalue weighted by Crippen LogP contribution is -2.15. The maximum Gasteiger partial charge on any atom is 0.501 e. The van der Waals surface area contributed by atoms with E-state index < -0.39 is 10.4 Å². The molecule has 0 radical (unpaired) electrons. The Morgan fingerprint density at radius 3 is 1.52 bits per heavy atom. The Labute approximate surface area is 172 Å². The van der Waals surface area contributed by atoms with E-state index in [9.17, 15) is 8.42 Å². The van der Waals surface area contributed by atoms with Crippen LogP contribution in [0.15, 0.2) is 69.6 Å². The molecule has 0 spiro atoms. The number of fused-ring (bicyclic) bond motifs is 7. The van der Waals surface area contributed by atoms with Crippen molar-refractivity contribution in [2.75, 3.05) is 0 Å². The van der Waals surface area contributed by atoms with Gasteiger partial charge in [0.1, 0.15) is 0 Å². The minimum absolute atomic E-state index is 0.249. The molecular weight excluding hydrogens is 496 g/mol. The van der Waals surface area contributed by atoms with E-state index in [1.165, 1.54) is 0 Å². The quantitative estimate of drug-likeness (QED) is 0.285. The van der Waals surface area contributed by atoms with E-state index in [4.69, 9.17) is 8.37 Å². The molecule has 4 aromatic carbocycles. The van der Waals surface area contributed by atoms with Crippen molar-refractivity contribution in [3.8, 4) is 22.6 Å². The van der Waals surface area contributed by atoms with Crippen LogP contribution in [-0.4, -0.2) is 8.42 Å². The van der Waals surface area contributed by atoms with Gasteiger partial charge in [-0.05, 0) is 57.9 Å². The van der Waals surface area contributed by atoms with E-state index in [2.05, 4.69) is 31.9 Å².